The Morgan fingerprint density at radius 3 is 2.76 bits per heavy atom. The van der Waals surface area contributed by atoms with Gasteiger partial charge in [0, 0.05) is 5.56 Å². The van der Waals surface area contributed by atoms with E-state index in [-0.39, 0.29) is 6.04 Å². The van der Waals surface area contributed by atoms with Gasteiger partial charge in [-0.1, -0.05) is 18.2 Å². The molecule has 0 bridgehead atoms. The molecule has 0 aliphatic carbocycles. The average molecular weight is 230 g/mol. The summed E-state index contributed by atoms with van der Waals surface area (Å²) in [6.07, 6.45) is 3.35. The highest BCUT2D eigenvalue weighted by Gasteiger charge is 2.17. The third kappa shape index (κ3) is 1.86. The highest BCUT2D eigenvalue weighted by molar-refractivity contribution is 5.38. The maximum absolute atomic E-state index is 5.62. The van der Waals surface area contributed by atoms with Gasteiger partial charge in [-0.15, -0.1) is 0 Å². The SMILES string of the molecule is NNC(c1ccoc1)c1ccc2c(c1)COC2. The molecule has 0 saturated heterocycles. The van der Waals surface area contributed by atoms with Gasteiger partial charge in [-0.3, -0.25) is 5.84 Å². The Kier molecular flexibility index (Phi) is 2.68. The van der Waals surface area contributed by atoms with Gasteiger partial charge in [0.05, 0.1) is 31.8 Å². The molecule has 3 N–H and O–H groups in total. The molecule has 4 nitrogen and oxygen atoms in total. The van der Waals surface area contributed by atoms with Gasteiger partial charge in [0.25, 0.3) is 0 Å². The highest BCUT2D eigenvalue weighted by Crippen LogP contribution is 2.27. The third-order valence-corrected chi connectivity index (χ3v) is 3.12. The summed E-state index contributed by atoms with van der Waals surface area (Å²) in [6, 6.07) is 8.18. The summed E-state index contributed by atoms with van der Waals surface area (Å²) in [5.74, 6) is 5.62. The third-order valence-electron chi connectivity index (χ3n) is 3.12. The zero-order valence-corrected chi connectivity index (χ0v) is 9.35. The molecule has 0 amide bonds. The molecule has 17 heavy (non-hydrogen) atoms. The molecule has 88 valence electrons. The Labute approximate surface area is 99.3 Å². The summed E-state index contributed by atoms with van der Waals surface area (Å²) in [6.45, 7) is 1.40. The van der Waals surface area contributed by atoms with Crippen LogP contribution in [0.4, 0.5) is 0 Å². The Bertz CT molecular complexity index is 508. The predicted octanol–water partition coefficient (Wildman–Crippen LogP) is 1.86. The van der Waals surface area contributed by atoms with Crippen LogP contribution in [0.15, 0.2) is 41.2 Å². The van der Waals surface area contributed by atoms with Crippen LogP contribution in [-0.4, -0.2) is 0 Å². The molecule has 0 radical (unpaired) electrons. The maximum Gasteiger partial charge on any atom is 0.0954 e. The fourth-order valence-electron chi connectivity index (χ4n) is 2.20. The molecule has 0 spiro atoms. The van der Waals surface area contributed by atoms with E-state index in [2.05, 4.69) is 23.6 Å². The second-order valence-corrected chi connectivity index (χ2v) is 4.18. The van der Waals surface area contributed by atoms with Crippen LogP contribution in [0.3, 0.4) is 0 Å². The van der Waals surface area contributed by atoms with Crippen molar-refractivity contribution in [1.29, 1.82) is 0 Å². The van der Waals surface area contributed by atoms with E-state index in [9.17, 15) is 0 Å². The van der Waals surface area contributed by atoms with Crippen molar-refractivity contribution in [3.63, 3.8) is 0 Å². The Hall–Kier alpha value is -1.62. The zero-order valence-electron chi connectivity index (χ0n) is 9.35. The number of furan rings is 1. The van der Waals surface area contributed by atoms with E-state index < -0.39 is 0 Å². The number of benzene rings is 1. The van der Waals surface area contributed by atoms with Crippen LogP contribution in [-0.2, 0) is 18.0 Å². The number of rotatable bonds is 3. The summed E-state index contributed by atoms with van der Waals surface area (Å²) in [5.41, 5.74) is 7.46. The van der Waals surface area contributed by atoms with E-state index in [1.807, 2.05) is 6.07 Å². The Morgan fingerprint density at radius 1 is 1.12 bits per heavy atom. The van der Waals surface area contributed by atoms with Crippen molar-refractivity contribution in [1.82, 2.24) is 5.43 Å². The number of nitrogens with one attached hydrogen (secondary N) is 1. The number of hydrogen-bond acceptors (Lipinski definition) is 4. The van der Waals surface area contributed by atoms with Crippen LogP contribution in [0.1, 0.15) is 28.3 Å². The Balaban J connectivity index is 1.97. The van der Waals surface area contributed by atoms with Crippen molar-refractivity contribution in [2.24, 2.45) is 5.84 Å². The van der Waals surface area contributed by atoms with Crippen LogP contribution in [0, 0.1) is 0 Å². The summed E-state index contributed by atoms with van der Waals surface area (Å²) < 4.78 is 10.5. The smallest absolute Gasteiger partial charge is 0.0954 e. The molecular weight excluding hydrogens is 216 g/mol. The van der Waals surface area contributed by atoms with Crippen molar-refractivity contribution in [2.45, 2.75) is 19.3 Å². The van der Waals surface area contributed by atoms with Crippen molar-refractivity contribution in [2.75, 3.05) is 0 Å². The molecule has 1 aromatic carbocycles. The van der Waals surface area contributed by atoms with E-state index in [4.69, 9.17) is 15.0 Å². The first-order chi connectivity index (χ1) is 8.38. The van der Waals surface area contributed by atoms with Crippen molar-refractivity contribution < 1.29 is 9.15 Å². The van der Waals surface area contributed by atoms with Gasteiger partial charge in [-0.25, -0.2) is 5.43 Å². The summed E-state index contributed by atoms with van der Waals surface area (Å²) in [4.78, 5) is 0. The summed E-state index contributed by atoms with van der Waals surface area (Å²) in [5, 5.41) is 0. The van der Waals surface area contributed by atoms with Crippen LogP contribution in [0.5, 0.6) is 0 Å². The van der Waals surface area contributed by atoms with Gasteiger partial charge in [0.1, 0.15) is 0 Å². The van der Waals surface area contributed by atoms with E-state index >= 15 is 0 Å². The van der Waals surface area contributed by atoms with Gasteiger partial charge in [0.2, 0.25) is 0 Å². The zero-order chi connectivity index (χ0) is 11.7. The molecule has 1 aromatic heterocycles. The minimum absolute atomic E-state index is 0.0420. The molecule has 0 fully saturated rings. The fourth-order valence-corrected chi connectivity index (χ4v) is 2.20. The van der Waals surface area contributed by atoms with Crippen molar-refractivity contribution in [3.8, 4) is 0 Å². The quantitative estimate of drug-likeness (QED) is 0.624. The predicted molar refractivity (Wildman–Crippen MR) is 62.8 cm³/mol. The van der Waals surface area contributed by atoms with Gasteiger partial charge in [-0.05, 0) is 22.8 Å². The van der Waals surface area contributed by atoms with Gasteiger partial charge in [-0.2, -0.15) is 0 Å². The van der Waals surface area contributed by atoms with Crippen LogP contribution in [0.25, 0.3) is 0 Å². The van der Waals surface area contributed by atoms with E-state index in [0.717, 1.165) is 11.1 Å². The fraction of sp³-hybridized carbons (Fsp3) is 0.231. The number of hydrazine groups is 1. The molecule has 1 atom stereocenters. The lowest BCUT2D eigenvalue weighted by molar-refractivity contribution is 0.134. The van der Waals surface area contributed by atoms with Gasteiger partial charge >= 0.3 is 0 Å². The number of ether oxygens (including phenoxy) is 1. The molecular formula is C13H14N2O2. The number of nitrogens with two attached hydrogens (primary N) is 1. The first-order valence-corrected chi connectivity index (χ1v) is 5.56. The molecule has 1 aliphatic rings. The number of hydrogen-bond donors (Lipinski definition) is 2. The second-order valence-electron chi connectivity index (χ2n) is 4.18. The van der Waals surface area contributed by atoms with Crippen molar-refractivity contribution in [3.05, 3.63) is 59.0 Å². The normalized spacial score (nSPS) is 15.8. The lowest BCUT2D eigenvalue weighted by atomic mass is 9.98. The maximum atomic E-state index is 5.62. The van der Waals surface area contributed by atoms with E-state index in [1.165, 1.54) is 11.1 Å². The first-order valence-electron chi connectivity index (χ1n) is 5.56. The molecule has 1 aliphatic heterocycles. The highest BCUT2D eigenvalue weighted by atomic mass is 16.5. The average Bonchev–Trinajstić information content (AvgIpc) is 2.99. The summed E-state index contributed by atoms with van der Waals surface area (Å²) in [7, 11) is 0. The standard InChI is InChI=1S/C13H14N2O2/c14-15-13(11-3-4-16-7-11)9-1-2-10-6-17-8-12(10)5-9/h1-5,7,13,15H,6,8,14H2. The van der Waals surface area contributed by atoms with E-state index in [1.54, 1.807) is 12.5 Å². The monoisotopic (exact) mass is 230 g/mol. The topological polar surface area (TPSA) is 60.4 Å². The van der Waals surface area contributed by atoms with Crippen LogP contribution in [0.2, 0.25) is 0 Å². The largest absolute Gasteiger partial charge is 0.472 e. The number of fused-ring (bicyclic) bond motifs is 1. The lowest BCUT2D eigenvalue weighted by Crippen LogP contribution is -2.28. The van der Waals surface area contributed by atoms with E-state index in [0.29, 0.717) is 13.2 Å². The van der Waals surface area contributed by atoms with Gasteiger partial charge in [0.15, 0.2) is 0 Å². The molecule has 4 heteroatoms. The molecule has 3 rings (SSSR count). The van der Waals surface area contributed by atoms with Crippen molar-refractivity contribution >= 4 is 0 Å². The molecule has 1 unspecified atom stereocenters. The minimum Gasteiger partial charge on any atom is -0.472 e. The molecule has 0 saturated carbocycles. The lowest BCUT2D eigenvalue weighted by Gasteiger charge is -2.15. The summed E-state index contributed by atoms with van der Waals surface area (Å²) >= 11 is 0. The minimum atomic E-state index is -0.0420. The van der Waals surface area contributed by atoms with Crippen LogP contribution < -0.4 is 11.3 Å². The molecule has 2 aromatic rings. The first kappa shape index (κ1) is 10.5. The Morgan fingerprint density at radius 2 is 2.00 bits per heavy atom. The molecule has 2 heterocycles. The van der Waals surface area contributed by atoms with Crippen LogP contribution >= 0.6 is 0 Å². The second kappa shape index (κ2) is 4.33. The van der Waals surface area contributed by atoms with Gasteiger partial charge < -0.3 is 9.15 Å².